The minimum absolute atomic E-state index is 0.0952. The number of aryl methyl sites for hydroxylation is 1. The van der Waals surface area contributed by atoms with Gasteiger partial charge in [-0.1, -0.05) is 30.3 Å². The Morgan fingerprint density at radius 1 is 1.19 bits per heavy atom. The van der Waals surface area contributed by atoms with Gasteiger partial charge in [-0.25, -0.2) is 0 Å². The van der Waals surface area contributed by atoms with Gasteiger partial charge < -0.3 is 9.84 Å². The average molecular weight is 287 g/mol. The van der Waals surface area contributed by atoms with Gasteiger partial charge in [0.25, 0.3) is 0 Å². The molecule has 0 aliphatic rings. The van der Waals surface area contributed by atoms with Crippen LogP contribution >= 0.6 is 0 Å². The lowest BCUT2D eigenvalue weighted by Gasteiger charge is -2.11. The minimum Gasteiger partial charge on any atom is -0.481 e. The van der Waals surface area contributed by atoms with Crippen LogP contribution in [0.25, 0.3) is 0 Å². The van der Waals surface area contributed by atoms with Gasteiger partial charge in [-0.2, -0.15) is 0 Å². The smallest absolute Gasteiger partial charge is 0.314 e. The van der Waals surface area contributed by atoms with Crippen molar-refractivity contribution in [3.63, 3.8) is 0 Å². The van der Waals surface area contributed by atoms with Gasteiger partial charge in [-0.3, -0.25) is 14.9 Å². The van der Waals surface area contributed by atoms with Gasteiger partial charge in [0.05, 0.1) is 11.3 Å². The van der Waals surface area contributed by atoms with Gasteiger partial charge in [-0.15, -0.1) is 0 Å². The van der Waals surface area contributed by atoms with Crippen LogP contribution in [0.2, 0.25) is 0 Å². The summed E-state index contributed by atoms with van der Waals surface area (Å²) in [6.07, 6.45) is -0.213. The van der Waals surface area contributed by atoms with E-state index in [4.69, 9.17) is 9.84 Å². The molecule has 2 aromatic carbocycles. The molecule has 0 fully saturated rings. The van der Waals surface area contributed by atoms with Gasteiger partial charge >= 0.3 is 11.7 Å². The summed E-state index contributed by atoms with van der Waals surface area (Å²) in [7, 11) is 0. The first-order chi connectivity index (χ1) is 9.99. The fraction of sp³-hybridized carbons (Fsp3) is 0.133. The highest BCUT2D eigenvalue weighted by Gasteiger charge is 2.19. The minimum atomic E-state index is -0.996. The molecule has 6 heteroatoms. The summed E-state index contributed by atoms with van der Waals surface area (Å²) in [4.78, 5) is 21.5. The van der Waals surface area contributed by atoms with Crippen LogP contribution in [0, 0.1) is 17.0 Å². The molecule has 2 rings (SSSR count). The second kappa shape index (κ2) is 6.04. The van der Waals surface area contributed by atoms with E-state index in [9.17, 15) is 14.9 Å². The lowest BCUT2D eigenvalue weighted by Crippen LogP contribution is -2.02. The van der Waals surface area contributed by atoms with Crippen LogP contribution in [-0.2, 0) is 11.2 Å². The van der Waals surface area contributed by atoms with Crippen LogP contribution in [0.1, 0.15) is 11.1 Å². The molecule has 0 atom stereocenters. The van der Waals surface area contributed by atoms with Crippen LogP contribution in [0.5, 0.6) is 11.5 Å². The average Bonchev–Trinajstić information content (AvgIpc) is 2.40. The highest BCUT2D eigenvalue weighted by atomic mass is 16.6. The lowest BCUT2D eigenvalue weighted by molar-refractivity contribution is -0.386. The number of para-hydroxylation sites is 2. The van der Waals surface area contributed by atoms with Crippen molar-refractivity contribution in [3.8, 4) is 11.5 Å². The number of nitro groups is 1. The highest BCUT2D eigenvalue weighted by molar-refractivity contribution is 5.71. The zero-order chi connectivity index (χ0) is 15.4. The molecule has 0 radical (unpaired) electrons. The topological polar surface area (TPSA) is 89.7 Å². The van der Waals surface area contributed by atoms with E-state index in [0.29, 0.717) is 16.9 Å². The highest BCUT2D eigenvalue weighted by Crippen LogP contribution is 2.35. The number of carbonyl (C=O) groups is 1. The molecule has 0 amide bonds. The maximum Gasteiger partial charge on any atom is 0.314 e. The standard InChI is InChI=1S/C15H13NO5/c1-10-5-4-8-13(15(10)16(19)20)21-12-7-3-2-6-11(12)9-14(17)18/h2-8H,9H2,1H3,(H,17,18). The van der Waals surface area contributed by atoms with E-state index >= 15 is 0 Å². The second-order valence-electron chi connectivity index (χ2n) is 4.46. The molecule has 0 aromatic heterocycles. The Kier molecular flexibility index (Phi) is 4.18. The van der Waals surface area contributed by atoms with E-state index in [0.717, 1.165) is 0 Å². The molecule has 108 valence electrons. The summed E-state index contributed by atoms with van der Waals surface area (Å²) in [6, 6.07) is 11.3. The maximum atomic E-state index is 11.1. The molecule has 1 N–H and O–H groups in total. The number of carboxylic acid groups (broad SMARTS) is 1. The third kappa shape index (κ3) is 3.36. The first-order valence-corrected chi connectivity index (χ1v) is 6.20. The second-order valence-corrected chi connectivity index (χ2v) is 4.46. The number of rotatable bonds is 5. The first-order valence-electron chi connectivity index (χ1n) is 6.20. The SMILES string of the molecule is Cc1cccc(Oc2ccccc2CC(=O)O)c1[N+](=O)[O-]. The Morgan fingerprint density at radius 2 is 1.86 bits per heavy atom. The normalized spacial score (nSPS) is 10.1. The van der Waals surface area contributed by atoms with Crippen molar-refractivity contribution in [3.05, 3.63) is 63.7 Å². The fourth-order valence-corrected chi connectivity index (χ4v) is 1.98. The predicted molar refractivity (Wildman–Crippen MR) is 75.7 cm³/mol. The molecule has 2 aromatic rings. The molecule has 21 heavy (non-hydrogen) atoms. The number of aliphatic carboxylic acids is 1. The number of nitrogens with zero attached hydrogens (tertiary/aromatic N) is 1. The van der Waals surface area contributed by atoms with Crippen molar-refractivity contribution in [2.24, 2.45) is 0 Å². The van der Waals surface area contributed by atoms with E-state index in [-0.39, 0.29) is 17.9 Å². The van der Waals surface area contributed by atoms with Crippen LogP contribution in [0.3, 0.4) is 0 Å². The van der Waals surface area contributed by atoms with Crippen molar-refractivity contribution in [1.29, 1.82) is 0 Å². The van der Waals surface area contributed by atoms with Crippen molar-refractivity contribution in [2.75, 3.05) is 0 Å². The van der Waals surface area contributed by atoms with Crippen LogP contribution in [0.15, 0.2) is 42.5 Å². The zero-order valence-corrected chi connectivity index (χ0v) is 11.3. The zero-order valence-electron chi connectivity index (χ0n) is 11.3. The molecule has 0 aliphatic carbocycles. The van der Waals surface area contributed by atoms with Crippen molar-refractivity contribution < 1.29 is 19.6 Å². The summed E-state index contributed by atoms with van der Waals surface area (Å²) in [5.74, 6) is -0.601. The van der Waals surface area contributed by atoms with Gasteiger partial charge in [0, 0.05) is 11.1 Å². The van der Waals surface area contributed by atoms with E-state index in [1.54, 1.807) is 43.3 Å². The van der Waals surface area contributed by atoms with Crippen LogP contribution < -0.4 is 4.74 Å². The molecule has 0 spiro atoms. The molecule has 0 aliphatic heterocycles. The van der Waals surface area contributed by atoms with Crippen LogP contribution in [0.4, 0.5) is 5.69 Å². The quantitative estimate of drug-likeness (QED) is 0.673. The molecule has 0 unspecified atom stereocenters. The number of carboxylic acids is 1. The Bertz CT molecular complexity index is 696. The molecule has 0 saturated heterocycles. The van der Waals surface area contributed by atoms with Gasteiger partial charge in [0.2, 0.25) is 5.75 Å². The first kappa shape index (κ1) is 14.5. The summed E-state index contributed by atoms with van der Waals surface area (Å²) < 4.78 is 5.58. The Hall–Kier alpha value is -2.89. The molecule has 0 bridgehead atoms. The monoisotopic (exact) mass is 287 g/mol. The van der Waals surface area contributed by atoms with E-state index in [2.05, 4.69) is 0 Å². The van der Waals surface area contributed by atoms with E-state index < -0.39 is 10.9 Å². The Morgan fingerprint density at radius 3 is 2.52 bits per heavy atom. The Labute approximate surface area is 120 Å². The largest absolute Gasteiger partial charge is 0.481 e. The van der Waals surface area contributed by atoms with Crippen molar-refractivity contribution in [2.45, 2.75) is 13.3 Å². The van der Waals surface area contributed by atoms with Gasteiger partial charge in [-0.05, 0) is 19.1 Å². The van der Waals surface area contributed by atoms with E-state index in [1.165, 1.54) is 6.07 Å². The molecule has 0 heterocycles. The molecular formula is C15H13NO5. The van der Waals surface area contributed by atoms with Gasteiger partial charge in [0.1, 0.15) is 5.75 Å². The predicted octanol–water partition coefficient (Wildman–Crippen LogP) is 3.32. The molecule has 0 saturated carbocycles. The van der Waals surface area contributed by atoms with Crippen molar-refractivity contribution in [1.82, 2.24) is 0 Å². The molecular weight excluding hydrogens is 274 g/mol. The molecule has 6 nitrogen and oxygen atoms in total. The van der Waals surface area contributed by atoms with Gasteiger partial charge in [0.15, 0.2) is 0 Å². The van der Waals surface area contributed by atoms with Crippen LogP contribution in [-0.4, -0.2) is 16.0 Å². The number of nitro benzene ring substituents is 1. The summed E-state index contributed by atoms with van der Waals surface area (Å²) in [5.41, 5.74) is 0.816. The van der Waals surface area contributed by atoms with Crippen molar-refractivity contribution >= 4 is 11.7 Å². The third-order valence-corrected chi connectivity index (χ3v) is 2.92. The fourth-order valence-electron chi connectivity index (χ4n) is 1.98. The number of hydrogen-bond donors (Lipinski definition) is 1. The Balaban J connectivity index is 2.42. The summed E-state index contributed by atoms with van der Waals surface area (Å²) in [5, 5.41) is 20.0. The number of hydrogen-bond acceptors (Lipinski definition) is 4. The number of ether oxygens (including phenoxy) is 1. The lowest BCUT2D eigenvalue weighted by atomic mass is 10.1. The summed E-state index contributed by atoms with van der Waals surface area (Å²) >= 11 is 0. The third-order valence-electron chi connectivity index (χ3n) is 2.92. The summed E-state index contributed by atoms with van der Waals surface area (Å²) in [6.45, 7) is 1.62. The van der Waals surface area contributed by atoms with E-state index in [1.807, 2.05) is 0 Å². The maximum absolute atomic E-state index is 11.1. The number of benzene rings is 2.